The first-order valence-electron chi connectivity index (χ1n) is 9.06. The molecular weight excluding hydrogens is 322 g/mol. The van der Waals surface area contributed by atoms with Gasteiger partial charge in [0, 0.05) is 19.5 Å². The number of fused-ring (bicyclic) bond motifs is 1. The van der Waals surface area contributed by atoms with Gasteiger partial charge in [-0.1, -0.05) is 24.7 Å². The molecule has 1 atom stereocenters. The van der Waals surface area contributed by atoms with Crippen LogP contribution in [0.5, 0.6) is 0 Å². The number of hydrogen-bond acceptors (Lipinski definition) is 6. The molecule has 1 fully saturated rings. The summed E-state index contributed by atoms with van der Waals surface area (Å²) in [6.45, 7) is 4.85. The zero-order chi connectivity index (χ0) is 16.5. The molecule has 3 heterocycles. The molecule has 130 valence electrons. The molecule has 1 aliphatic carbocycles. The molecule has 0 aromatic carbocycles. The van der Waals surface area contributed by atoms with Crippen LogP contribution in [0.1, 0.15) is 61.5 Å². The van der Waals surface area contributed by atoms with E-state index in [0.29, 0.717) is 5.92 Å². The Hall–Kier alpha value is -1.47. The second kappa shape index (κ2) is 6.80. The number of aliphatic hydroxyl groups excluding tert-OH is 1. The predicted octanol–water partition coefficient (Wildman–Crippen LogP) is 2.93. The van der Waals surface area contributed by atoms with Crippen molar-refractivity contribution in [3.05, 3.63) is 22.5 Å². The zero-order valence-electron chi connectivity index (χ0n) is 14.2. The van der Waals surface area contributed by atoms with Crippen LogP contribution < -0.4 is 4.90 Å². The molecule has 6 nitrogen and oxygen atoms in total. The van der Waals surface area contributed by atoms with Crippen LogP contribution in [0.15, 0.2) is 6.07 Å². The Morgan fingerprint density at radius 1 is 1.29 bits per heavy atom. The fraction of sp³-hybridized carbons (Fsp3) is 0.706. The van der Waals surface area contributed by atoms with Crippen molar-refractivity contribution in [1.82, 2.24) is 20.0 Å². The Morgan fingerprint density at radius 3 is 2.92 bits per heavy atom. The van der Waals surface area contributed by atoms with Crippen LogP contribution in [-0.2, 0) is 19.5 Å². The topological polar surface area (TPSA) is 67.1 Å². The van der Waals surface area contributed by atoms with E-state index in [1.807, 2.05) is 0 Å². The van der Waals surface area contributed by atoms with Gasteiger partial charge in [0.2, 0.25) is 5.13 Å². The Morgan fingerprint density at radius 2 is 2.17 bits per heavy atom. The summed E-state index contributed by atoms with van der Waals surface area (Å²) >= 11 is 1.70. The number of aromatic nitrogens is 4. The maximum Gasteiger partial charge on any atom is 0.208 e. The molecule has 0 amide bonds. The first kappa shape index (κ1) is 16.0. The van der Waals surface area contributed by atoms with Crippen LogP contribution in [0.2, 0.25) is 0 Å². The van der Waals surface area contributed by atoms with E-state index in [2.05, 4.69) is 37.9 Å². The van der Waals surface area contributed by atoms with Crippen LogP contribution in [-0.4, -0.2) is 31.6 Å². The first-order chi connectivity index (χ1) is 11.7. The maximum absolute atomic E-state index is 10.5. The fourth-order valence-electron chi connectivity index (χ4n) is 3.48. The molecule has 24 heavy (non-hydrogen) atoms. The third-order valence-electron chi connectivity index (χ3n) is 5.12. The highest BCUT2D eigenvalue weighted by atomic mass is 32.1. The second-order valence-electron chi connectivity index (χ2n) is 6.92. The summed E-state index contributed by atoms with van der Waals surface area (Å²) in [5, 5.41) is 26.0. The highest BCUT2D eigenvalue weighted by molar-refractivity contribution is 7.15. The van der Waals surface area contributed by atoms with Crippen molar-refractivity contribution in [2.24, 2.45) is 5.92 Å². The van der Waals surface area contributed by atoms with Crippen molar-refractivity contribution in [3.63, 3.8) is 0 Å². The lowest BCUT2D eigenvalue weighted by atomic mass is 9.80. The van der Waals surface area contributed by atoms with Crippen LogP contribution in [0.3, 0.4) is 0 Å². The quantitative estimate of drug-likeness (QED) is 0.901. The van der Waals surface area contributed by atoms with Gasteiger partial charge < -0.3 is 10.0 Å². The molecule has 7 heteroatoms. The number of anilines is 1. The standard InChI is InChI=1S/C17H25N5OS/c1-2-5-15-18-19-17(24-15)21-8-4-9-22-13(11-21)10-14(20-22)16(23)12-6-3-7-12/h10,12,16,23H,2-9,11H2,1H3. The molecule has 1 N–H and O–H groups in total. The van der Waals surface area contributed by atoms with E-state index >= 15 is 0 Å². The van der Waals surface area contributed by atoms with Crippen LogP contribution in [0.25, 0.3) is 0 Å². The third-order valence-corrected chi connectivity index (χ3v) is 6.17. The minimum atomic E-state index is -0.399. The van der Waals surface area contributed by atoms with Crippen molar-refractivity contribution >= 4 is 16.5 Å². The maximum atomic E-state index is 10.5. The predicted molar refractivity (Wildman–Crippen MR) is 94.1 cm³/mol. The number of hydrogen-bond donors (Lipinski definition) is 1. The van der Waals surface area contributed by atoms with Gasteiger partial charge in [0.05, 0.1) is 17.9 Å². The first-order valence-corrected chi connectivity index (χ1v) is 9.88. The molecule has 2 aliphatic rings. The van der Waals surface area contributed by atoms with Gasteiger partial charge >= 0.3 is 0 Å². The summed E-state index contributed by atoms with van der Waals surface area (Å²) in [5.74, 6) is 0.403. The summed E-state index contributed by atoms with van der Waals surface area (Å²) < 4.78 is 2.07. The fourth-order valence-corrected chi connectivity index (χ4v) is 4.44. The highest BCUT2D eigenvalue weighted by Gasteiger charge is 2.30. The molecule has 1 unspecified atom stereocenters. The lowest BCUT2D eigenvalue weighted by Crippen LogP contribution is -2.22. The van der Waals surface area contributed by atoms with Crippen molar-refractivity contribution in [2.75, 3.05) is 11.4 Å². The Labute approximate surface area is 146 Å². The van der Waals surface area contributed by atoms with Crippen LogP contribution >= 0.6 is 11.3 Å². The molecule has 1 aliphatic heterocycles. The number of aryl methyl sites for hydroxylation is 2. The lowest BCUT2D eigenvalue weighted by molar-refractivity contribution is 0.0581. The largest absolute Gasteiger partial charge is 0.386 e. The Kier molecular flexibility index (Phi) is 4.54. The van der Waals surface area contributed by atoms with Gasteiger partial charge in [-0.2, -0.15) is 5.10 Å². The van der Waals surface area contributed by atoms with E-state index < -0.39 is 6.10 Å². The molecule has 1 saturated carbocycles. The molecule has 4 rings (SSSR count). The van der Waals surface area contributed by atoms with E-state index in [0.717, 1.165) is 67.6 Å². The summed E-state index contributed by atoms with van der Waals surface area (Å²) in [5.41, 5.74) is 2.02. The van der Waals surface area contributed by atoms with Gasteiger partial charge in [0.25, 0.3) is 0 Å². The van der Waals surface area contributed by atoms with Crippen LogP contribution in [0.4, 0.5) is 5.13 Å². The smallest absolute Gasteiger partial charge is 0.208 e. The molecule has 0 radical (unpaired) electrons. The second-order valence-corrected chi connectivity index (χ2v) is 7.96. The van der Waals surface area contributed by atoms with Crippen molar-refractivity contribution < 1.29 is 5.11 Å². The minimum absolute atomic E-state index is 0.399. The molecular formula is C17H25N5OS. The van der Waals surface area contributed by atoms with Gasteiger partial charge in [0.1, 0.15) is 11.1 Å². The number of aliphatic hydroxyl groups is 1. The van der Waals surface area contributed by atoms with Gasteiger partial charge in [0.15, 0.2) is 0 Å². The van der Waals surface area contributed by atoms with Crippen molar-refractivity contribution in [3.8, 4) is 0 Å². The van der Waals surface area contributed by atoms with Gasteiger partial charge in [-0.25, -0.2) is 0 Å². The molecule has 2 aromatic rings. The molecule has 0 bridgehead atoms. The van der Waals surface area contributed by atoms with Gasteiger partial charge in [-0.3, -0.25) is 4.68 Å². The van der Waals surface area contributed by atoms with Crippen molar-refractivity contribution in [1.29, 1.82) is 0 Å². The van der Waals surface area contributed by atoms with E-state index in [9.17, 15) is 5.11 Å². The average molecular weight is 347 g/mol. The number of nitrogens with zero attached hydrogens (tertiary/aromatic N) is 5. The lowest BCUT2D eigenvalue weighted by Gasteiger charge is -2.29. The highest BCUT2D eigenvalue weighted by Crippen LogP contribution is 2.37. The van der Waals surface area contributed by atoms with Crippen LogP contribution in [0, 0.1) is 5.92 Å². The normalized spacial score (nSPS) is 19.7. The van der Waals surface area contributed by atoms with Gasteiger partial charge in [-0.05, 0) is 37.7 Å². The van der Waals surface area contributed by atoms with Gasteiger partial charge in [-0.15, -0.1) is 10.2 Å². The molecule has 2 aromatic heterocycles. The van der Waals surface area contributed by atoms with Crippen molar-refractivity contribution in [2.45, 2.75) is 64.6 Å². The Bertz CT molecular complexity index is 693. The Balaban J connectivity index is 1.52. The minimum Gasteiger partial charge on any atom is -0.386 e. The molecule has 0 saturated heterocycles. The summed E-state index contributed by atoms with van der Waals surface area (Å²) in [4.78, 5) is 2.30. The van der Waals surface area contributed by atoms with E-state index in [1.54, 1.807) is 11.3 Å². The summed E-state index contributed by atoms with van der Waals surface area (Å²) in [7, 11) is 0. The summed E-state index contributed by atoms with van der Waals surface area (Å²) in [6, 6.07) is 2.09. The average Bonchev–Trinajstić information content (AvgIpc) is 3.08. The number of rotatable bonds is 5. The molecule has 0 spiro atoms. The zero-order valence-corrected chi connectivity index (χ0v) is 15.0. The van der Waals surface area contributed by atoms with E-state index in [1.165, 1.54) is 12.1 Å². The summed E-state index contributed by atoms with van der Waals surface area (Å²) in [6.07, 6.45) is 6.23. The monoisotopic (exact) mass is 347 g/mol. The van der Waals surface area contributed by atoms with E-state index in [4.69, 9.17) is 0 Å². The SMILES string of the molecule is CCCc1nnc(N2CCCn3nc(C(O)C4CCC4)cc3C2)s1. The van der Waals surface area contributed by atoms with E-state index in [-0.39, 0.29) is 0 Å². The third kappa shape index (κ3) is 3.07.